The van der Waals surface area contributed by atoms with Gasteiger partial charge >= 0.3 is 0 Å². The number of benzene rings is 1. The molecule has 128 valence electrons. The van der Waals surface area contributed by atoms with Crippen LogP contribution in [0.5, 0.6) is 11.5 Å². The van der Waals surface area contributed by atoms with Gasteiger partial charge < -0.3 is 9.47 Å². The highest BCUT2D eigenvalue weighted by atomic mass is 16.5. The molecular formula is C17H22N4O3. The fourth-order valence-corrected chi connectivity index (χ4v) is 1.98. The molecule has 0 spiro atoms. The van der Waals surface area contributed by atoms with E-state index in [9.17, 15) is 4.79 Å². The first kappa shape index (κ1) is 17.5. The molecule has 0 aliphatic rings. The molecule has 0 aliphatic heterocycles. The van der Waals surface area contributed by atoms with Gasteiger partial charge in [-0.05, 0) is 51.5 Å². The third-order valence-electron chi connectivity index (χ3n) is 3.33. The van der Waals surface area contributed by atoms with Crippen molar-refractivity contribution < 1.29 is 9.47 Å². The van der Waals surface area contributed by atoms with Crippen LogP contribution in [-0.2, 0) is 0 Å². The van der Waals surface area contributed by atoms with Crippen molar-refractivity contribution in [2.24, 2.45) is 5.10 Å². The van der Waals surface area contributed by atoms with Crippen LogP contribution in [0.2, 0.25) is 0 Å². The molecule has 7 heteroatoms. The molecule has 24 heavy (non-hydrogen) atoms. The zero-order valence-corrected chi connectivity index (χ0v) is 14.5. The molecule has 0 saturated carbocycles. The van der Waals surface area contributed by atoms with E-state index in [2.05, 4.69) is 20.5 Å². The fourth-order valence-electron chi connectivity index (χ4n) is 1.98. The molecule has 2 N–H and O–H groups in total. The van der Waals surface area contributed by atoms with E-state index in [1.165, 1.54) is 0 Å². The number of methoxy groups -OCH3 is 1. The molecule has 0 saturated heterocycles. The van der Waals surface area contributed by atoms with Crippen molar-refractivity contribution in [3.63, 3.8) is 0 Å². The molecule has 2 aromatic rings. The Hall–Kier alpha value is -2.83. The van der Waals surface area contributed by atoms with Gasteiger partial charge in [-0.2, -0.15) is 5.10 Å². The first-order valence-electron chi connectivity index (χ1n) is 7.62. The molecule has 1 heterocycles. The van der Waals surface area contributed by atoms with Crippen molar-refractivity contribution in [2.75, 3.05) is 12.5 Å². The minimum atomic E-state index is -0.183. The predicted octanol–water partition coefficient (Wildman–Crippen LogP) is 2.63. The maximum Gasteiger partial charge on any atom is 0.255 e. The molecule has 0 unspecified atom stereocenters. The highest BCUT2D eigenvalue weighted by Crippen LogP contribution is 2.28. The van der Waals surface area contributed by atoms with Crippen LogP contribution in [0, 0.1) is 13.8 Å². The number of hydrogen-bond donors (Lipinski definition) is 2. The normalized spacial score (nSPS) is 11.1. The summed E-state index contributed by atoms with van der Waals surface area (Å²) in [5.41, 5.74) is 4.61. The number of nitrogens with zero attached hydrogens (tertiary/aromatic N) is 2. The summed E-state index contributed by atoms with van der Waals surface area (Å²) >= 11 is 0. The number of aromatic amines is 1. The number of anilines is 1. The van der Waals surface area contributed by atoms with Gasteiger partial charge in [0.25, 0.3) is 5.56 Å². The molecule has 0 radical (unpaired) electrons. The van der Waals surface area contributed by atoms with E-state index in [0.717, 1.165) is 5.56 Å². The molecule has 1 aromatic carbocycles. The maximum absolute atomic E-state index is 11.7. The predicted molar refractivity (Wildman–Crippen MR) is 94.3 cm³/mol. The van der Waals surface area contributed by atoms with Crippen LogP contribution in [0.15, 0.2) is 28.1 Å². The average molecular weight is 330 g/mol. The first-order valence-corrected chi connectivity index (χ1v) is 7.62. The Morgan fingerprint density at radius 3 is 2.67 bits per heavy atom. The maximum atomic E-state index is 11.7. The molecule has 0 aliphatic carbocycles. The van der Waals surface area contributed by atoms with Gasteiger partial charge in [0.15, 0.2) is 11.5 Å². The highest BCUT2D eigenvalue weighted by Gasteiger charge is 2.07. The average Bonchev–Trinajstić information content (AvgIpc) is 2.53. The van der Waals surface area contributed by atoms with Gasteiger partial charge in [0.2, 0.25) is 5.95 Å². The summed E-state index contributed by atoms with van der Waals surface area (Å²) < 4.78 is 11.0. The molecule has 0 fully saturated rings. The van der Waals surface area contributed by atoms with E-state index in [1.54, 1.807) is 27.2 Å². The van der Waals surface area contributed by atoms with Gasteiger partial charge in [-0.15, -0.1) is 0 Å². The van der Waals surface area contributed by atoms with Crippen molar-refractivity contribution in [2.45, 2.75) is 33.8 Å². The smallest absolute Gasteiger partial charge is 0.255 e. The minimum Gasteiger partial charge on any atom is -0.493 e. The largest absolute Gasteiger partial charge is 0.493 e. The van der Waals surface area contributed by atoms with Gasteiger partial charge in [-0.25, -0.2) is 10.4 Å². The second-order valence-corrected chi connectivity index (χ2v) is 5.57. The van der Waals surface area contributed by atoms with Crippen LogP contribution < -0.4 is 20.5 Å². The summed E-state index contributed by atoms with van der Waals surface area (Å²) in [5.74, 6) is 1.61. The summed E-state index contributed by atoms with van der Waals surface area (Å²) in [4.78, 5) is 18.5. The number of H-pyrrole nitrogens is 1. The second-order valence-electron chi connectivity index (χ2n) is 5.57. The third-order valence-corrected chi connectivity index (χ3v) is 3.33. The van der Waals surface area contributed by atoms with Crippen molar-refractivity contribution in [1.29, 1.82) is 0 Å². The summed E-state index contributed by atoms with van der Waals surface area (Å²) in [6, 6.07) is 5.51. The van der Waals surface area contributed by atoms with Crippen molar-refractivity contribution in [3.05, 3.63) is 45.4 Å². The van der Waals surface area contributed by atoms with Gasteiger partial charge in [0.1, 0.15) is 0 Å². The first-order chi connectivity index (χ1) is 11.4. The Morgan fingerprint density at radius 1 is 1.29 bits per heavy atom. The van der Waals surface area contributed by atoms with Crippen LogP contribution in [0.3, 0.4) is 0 Å². The van der Waals surface area contributed by atoms with E-state index in [-0.39, 0.29) is 11.7 Å². The number of ether oxygens (including phenoxy) is 2. The monoisotopic (exact) mass is 330 g/mol. The van der Waals surface area contributed by atoms with E-state index in [0.29, 0.717) is 28.7 Å². The summed E-state index contributed by atoms with van der Waals surface area (Å²) in [6.45, 7) is 7.41. The van der Waals surface area contributed by atoms with Gasteiger partial charge in [-0.3, -0.25) is 9.78 Å². The van der Waals surface area contributed by atoms with Crippen molar-refractivity contribution in [3.8, 4) is 11.5 Å². The van der Waals surface area contributed by atoms with E-state index in [4.69, 9.17) is 9.47 Å². The number of aryl methyl sites for hydroxylation is 1. The van der Waals surface area contributed by atoms with Crippen molar-refractivity contribution >= 4 is 12.2 Å². The lowest BCUT2D eigenvalue weighted by Gasteiger charge is -2.13. The molecule has 1 aromatic heterocycles. The van der Waals surface area contributed by atoms with E-state index < -0.39 is 0 Å². The number of hydrogen-bond acceptors (Lipinski definition) is 6. The third kappa shape index (κ3) is 4.34. The Morgan fingerprint density at radius 2 is 2.04 bits per heavy atom. The molecule has 2 rings (SSSR count). The van der Waals surface area contributed by atoms with Gasteiger partial charge in [-0.1, -0.05) is 0 Å². The van der Waals surface area contributed by atoms with Crippen LogP contribution in [0.4, 0.5) is 5.95 Å². The Labute approximate surface area is 140 Å². The van der Waals surface area contributed by atoms with Gasteiger partial charge in [0, 0.05) is 11.3 Å². The zero-order chi connectivity index (χ0) is 17.7. The van der Waals surface area contributed by atoms with E-state index in [1.807, 2.05) is 32.0 Å². The van der Waals surface area contributed by atoms with E-state index >= 15 is 0 Å². The fraction of sp³-hybridized carbons (Fsp3) is 0.353. The lowest BCUT2D eigenvalue weighted by molar-refractivity contribution is 0.230. The highest BCUT2D eigenvalue weighted by molar-refractivity contribution is 5.81. The molecule has 0 amide bonds. The summed E-state index contributed by atoms with van der Waals surface area (Å²) in [5, 5.41) is 4.09. The van der Waals surface area contributed by atoms with Gasteiger partial charge in [0.05, 0.1) is 19.4 Å². The quantitative estimate of drug-likeness (QED) is 0.628. The molecule has 7 nitrogen and oxygen atoms in total. The van der Waals surface area contributed by atoms with Crippen LogP contribution in [0.1, 0.15) is 30.7 Å². The number of rotatable bonds is 6. The lowest BCUT2D eigenvalue weighted by Crippen LogP contribution is -2.15. The minimum absolute atomic E-state index is 0.0627. The lowest BCUT2D eigenvalue weighted by atomic mass is 10.2. The zero-order valence-electron chi connectivity index (χ0n) is 14.5. The number of aromatic nitrogens is 2. The Bertz CT molecular complexity index is 797. The SMILES string of the molecule is COc1cc(/C=N\Nc2nc(C)c(C)c(=O)[nH]2)ccc1OC(C)C. The van der Waals surface area contributed by atoms with Crippen molar-refractivity contribution in [1.82, 2.24) is 9.97 Å². The second kappa shape index (κ2) is 7.63. The Balaban J connectivity index is 2.13. The summed E-state index contributed by atoms with van der Waals surface area (Å²) in [6.07, 6.45) is 1.67. The summed E-state index contributed by atoms with van der Waals surface area (Å²) in [7, 11) is 1.59. The Kier molecular flexibility index (Phi) is 5.57. The molecular weight excluding hydrogens is 308 g/mol. The van der Waals surface area contributed by atoms with Crippen LogP contribution in [-0.4, -0.2) is 29.4 Å². The molecule has 0 atom stereocenters. The number of hydrazone groups is 1. The van der Waals surface area contributed by atoms with Crippen LogP contribution >= 0.6 is 0 Å². The topological polar surface area (TPSA) is 88.6 Å². The standard InChI is InChI=1S/C17H22N4O3/c1-10(2)24-14-7-6-13(8-15(14)23-5)9-18-21-17-19-12(4)11(3)16(22)20-17/h6-10H,1-5H3,(H2,19,20,21,22)/b18-9-. The molecule has 0 bridgehead atoms. The number of nitrogens with one attached hydrogen (secondary N) is 2. The van der Waals surface area contributed by atoms with Crippen LogP contribution in [0.25, 0.3) is 0 Å².